The number of rotatable bonds is 9. The smallest absolute Gasteiger partial charge is 0.164 e. The molecule has 1 aliphatic rings. The van der Waals surface area contributed by atoms with Gasteiger partial charge in [-0.3, -0.25) is 0 Å². The van der Waals surface area contributed by atoms with Crippen LogP contribution in [-0.4, -0.2) is 24.1 Å². The van der Waals surface area contributed by atoms with Gasteiger partial charge in [0.15, 0.2) is 17.5 Å². The second kappa shape index (κ2) is 16.5. The van der Waals surface area contributed by atoms with Crippen molar-refractivity contribution in [2.45, 2.75) is 0 Å². The quantitative estimate of drug-likeness (QED) is 0.145. The van der Waals surface area contributed by atoms with Crippen LogP contribution in [0.1, 0.15) is 11.3 Å². The molecule has 72 heavy (non-hydrogen) atoms. The third-order valence-corrected chi connectivity index (χ3v) is 14.4. The standard InChI is InChI=1S/C67H43N5/c1-3-51-56-39-46(47-34-36-61-58(40-47)64-55-32-18-31-54-52-29-14-15-30-53(52)57(63(54)55)41-62(64)71(61)49-26-12-7-13-27-49)33-35-60(56)72(59(51)4-2)50-28-17-24-45(38-50)44-23-16-25-48(37-44)67-69-65(42-19-8-5-9-20-42)68-66(70-67)43-21-10-6-11-22-43/h3-41H,1-2H2. The molecule has 336 valence electrons. The fourth-order valence-electron chi connectivity index (χ4n) is 11.2. The first-order chi connectivity index (χ1) is 35.6. The van der Waals surface area contributed by atoms with Crippen LogP contribution in [0.3, 0.4) is 0 Å². The Morgan fingerprint density at radius 1 is 0.306 bits per heavy atom. The van der Waals surface area contributed by atoms with E-state index in [0.717, 1.165) is 72.5 Å². The van der Waals surface area contributed by atoms with Gasteiger partial charge in [-0.15, -0.1) is 0 Å². The van der Waals surface area contributed by atoms with Crippen LogP contribution in [0.4, 0.5) is 0 Å². The van der Waals surface area contributed by atoms with Gasteiger partial charge in [0, 0.05) is 49.8 Å². The van der Waals surface area contributed by atoms with Gasteiger partial charge in [0.2, 0.25) is 0 Å². The van der Waals surface area contributed by atoms with Crippen molar-refractivity contribution in [2.24, 2.45) is 0 Å². The average molecular weight is 918 g/mol. The van der Waals surface area contributed by atoms with Crippen molar-refractivity contribution in [1.29, 1.82) is 0 Å². The molecule has 5 heteroatoms. The number of nitrogens with zero attached hydrogens (tertiary/aromatic N) is 5. The van der Waals surface area contributed by atoms with Gasteiger partial charge in [0.1, 0.15) is 0 Å². The molecule has 3 aromatic heterocycles. The van der Waals surface area contributed by atoms with Gasteiger partial charge >= 0.3 is 0 Å². The minimum atomic E-state index is 0.616. The zero-order valence-electron chi connectivity index (χ0n) is 39.2. The third-order valence-electron chi connectivity index (χ3n) is 14.4. The highest BCUT2D eigenvalue weighted by Gasteiger charge is 2.26. The molecule has 0 fully saturated rings. The molecule has 0 N–H and O–H groups in total. The molecule has 0 unspecified atom stereocenters. The summed E-state index contributed by atoms with van der Waals surface area (Å²) in [5.74, 6) is 1.88. The maximum atomic E-state index is 5.02. The van der Waals surface area contributed by atoms with Crippen molar-refractivity contribution in [3.63, 3.8) is 0 Å². The number of hydrogen-bond donors (Lipinski definition) is 0. The molecular formula is C67H43N5. The Bertz CT molecular complexity index is 4290. The van der Waals surface area contributed by atoms with Gasteiger partial charge in [-0.05, 0) is 122 Å². The Morgan fingerprint density at radius 3 is 1.47 bits per heavy atom. The summed E-state index contributed by atoms with van der Waals surface area (Å²) in [6.07, 6.45) is 3.91. The second-order valence-electron chi connectivity index (χ2n) is 18.4. The SMILES string of the molecule is C=Cc1c(C=C)n(-c2cccc(-c3cccc(-c4nc(-c5ccccc5)nc(-c5ccccc5)n4)c3)c2)c2ccc(-c3ccc4c(c3)c3c5cccc6c5c(cc3n4-c3ccccc3)-c3ccccc3-6)cc12. The van der Waals surface area contributed by atoms with Crippen LogP contribution < -0.4 is 0 Å². The van der Waals surface area contributed by atoms with E-state index in [9.17, 15) is 0 Å². The van der Waals surface area contributed by atoms with Crippen molar-refractivity contribution in [1.82, 2.24) is 24.1 Å². The van der Waals surface area contributed by atoms with E-state index in [1.807, 2.05) is 72.8 Å². The zero-order valence-corrected chi connectivity index (χ0v) is 39.2. The second-order valence-corrected chi connectivity index (χ2v) is 18.4. The highest BCUT2D eigenvalue weighted by molar-refractivity contribution is 6.29. The maximum Gasteiger partial charge on any atom is 0.164 e. The van der Waals surface area contributed by atoms with Crippen LogP contribution >= 0.6 is 0 Å². The van der Waals surface area contributed by atoms with E-state index in [1.165, 1.54) is 54.8 Å². The van der Waals surface area contributed by atoms with Crippen molar-refractivity contribution in [3.05, 3.63) is 249 Å². The van der Waals surface area contributed by atoms with Crippen LogP contribution in [0.2, 0.25) is 0 Å². The van der Waals surface area contributed by atoms with Gasteiger partial charge < -0.3 is 9.13 Å². The molecule has 13 aromatic rings. The van der Waals surface area contributed by atoms with E-state index in [4.69, 9.17) is 15.0 Å². The number of hydrogen-bond acceptors (Lipinski definition) is 3. The molecule has 0 amide bonds. The van der Waals surface area contributed by atoms with Crippen molar-refractivity contribution < 1.29 is 0 Å². The summed E-state index contributed by atoms with van der Waals surface area (Å²) in [5.41, 5.74) is 20.0. The summed E-state index contributed by atoms with van der Waals surface area (Å²) in [5, 5.41) is 6.21. The maximum absolute atomic E-state index is 5.02. The van der Waals surface area contributed by atoms with Crippen LogP contribution in [-0.2, 0) is 0 Å². The molecule has 5 nitrogen and oxygen atoms in total. The molecule has 0 spiro atoms. The van der Waals surface area contributed by atoms with Crippen molar-refractivity contribution in [3.8, 4) is 90.0 Å². The lowest BCUT2D eigenvalue weighted by molar-refractivity contribution is 1.07. The highest BCUT2D eigenvalue weighted by Crippen LogP contribution is 2.51. The van der Waals surface area contributed by atoms with E-state index in [-0.39, 0.29) is 0 Å². The van der Waals surface area contributed by atoms with E-state index in [2.05, 4.69) is 186 Å². The van der Waals surface area contributed by atoms with Gasteiger partial charge in [0.05, 0.1) is 22.2 Å². The van der Waals surface area contributed by atoms with E-state index >= 15 is 0 Å². The number of para-hydroxylation sites is 1. The number of aromatic nitrogens is 5. The van der Waals surface area contributed by atoms with Crippen molar-refractivity contribution >= 4 is 55.6 Å². The molecule has 0 radical (unpaired) electrons. The summed E-state index contributed by atoms with van der Waals surface area (Å²) < 4.78 is 4.74. The molecule has 0 saturated heterocycles. The highest BCUT2D eigenvalue weighted by atomic mass is 15.0. The summed E-state index contributed by atoms with van der Waals surface area (Å²) in [6.45, 7) is 8.68. The Hall–Kier alpha value is -9.71. The van der Waals surface area contributed by atoms with Crippen LogP contribution in [0.5, 0.6) is 0 Å². The largest absolute Gasteiger partial charge is 0.309 e. The molecule has 0 saturated carbocycles. The molecule has 3 heterocycles. The summed E-state index contributed by atoms with van der Waals surface area (Å²) in [7, 11) is 0. The fraction of sp³-hybridized carbons (Fsp3) is 0. The number of benzene rings is 10. The monoisotopic (exact) mass is 917 g/mol. The Kier molecular flexibility index (Phi) is 9.44. The lowest BCUT2D eigenvalue weighted by Crippen LogP contribution is -2.00. The van der Waals surface area contributed by atoms with Gasteiger partial charge in [-0.2, -0.15) is 0 Å². The van der Waals surface area contributed by atoms with E-state index < -0.39 is 0 Å². The lowest BCUT2D eigenvalue weighted by Gasteiger charge is -2.13. The Labute approximate surface area is 416 Å². The Balaban J connectivity index is 0.883. The fourth-order valence-corrected chi connectivity index (χ4v) is 11.2. The normalized spacial score (nSPS) is 11.7. The van der Waals surface area contributed by atoms with Gasteiger partial charge in [-0.1, -0.05) is 183 Å². The van der Waals surface area contributed by atoms with Gasteiger partial charge in [0.25, 0.3) is 0 Å². The minimum absolute atomic E-state index is 0.616. The summed E-state index contributed by atoms with van der Waals surface area (Å²) >= 11 is 0. The molecule has 1 aliphatic carbocycles. The Morgan fingerprint density at radius 2 is 0.806 bits per heavy atom. The first kappa shape index (κ1) is 41.3. The summed E-state index contributed by atoms with van der Waals surface area (Å²) in [6, 6.07) is 79.9. The molecule has 0 atom stereocenters. The van der Waals surface area contributed by atoms with Crippen molar-refractivity contribution in [2.75, 3.05) is 0 Å². The third kappa shape index (κ3) is 6.45. The number of fused-ring (bicyclic) bond motifs is 8. The topological polar surface area (TPSA) is 48.5 Å². The summed E-state index contributed by atoms with van der Waals surface area (Å²) in [4.78, 5) is 15.0. The van der Waals surface area contributed by atoms with E-state index in [0.29, 0.717) is 17.5 Å². The van der Waals surface area contributed by atoms with Crippen LogP contribution in [0.25, 0.3) is 146 Å². The van der Waals surface area contributed by atoms with E-state index in [1.54, 1.807) is 0 Å². The molecular weight excluding hydrogens is 875 g/mol. The zero-order chi connectivity index (χ0) is 47.9. The van der Waals surface area contributed by atoms with Crippen LogP contribution in [0, 0.1) is 0 Å². The predicted molar refractivity (Wildman–Crippen MR) is 300 cm³/mol. The first-order valence-corrected chi connectivity index (χ1v) is 24.3. The predicted octanol–water partition coefficient (Wildman–Crippen LogP) is 17.3. The first-order valence-electron chi connectivity index (χ1n) is 24.3. The molecule has 0 aliphatic heterocycles. The molecule has 10 aromatic carbocycles. The van der Waals surface area contributed by atoms with Crippen LogP contribution in [0.15, 0.2) is 238 Å². The van der Waals surface area contributed by atoms with Gasteiger partial charge in [-0.25, -0.2) is 15.0 Å². The molecule has 0 bridgehead atoms. The molecule has 14 rings (SSSR count). The lowest BCUT2D eigenvalue weighted by atomic mass is 9.96. The minimum Gasteiger partial charge on any atom is -0.309 e. The average Bonchev–Trinajstić information content (AvgIpc) is 4.09.